The van der Waals surface area contributed by atoms with E-state index in [1.54, 1.807) is 24.3 Å². The lowest BCUT2D eigenvalue weighted by Gasteiger charge is -2.06. The quantitative estimate of drug-likeness (QED) is 0.626. The number of phenolic OH excluding ortho intramolecular Hbond substituents is 2. The fourth-order valence-electron chi connectivity index (χ4n) is 1.99. The van der Waals surface area contributed by atoms with Gasteiger partial charge in [0.1, 0.15) is 12.0 Å². The molecule has 0 bridgehead atoms. The molecule has 0 aliphatic rings. The van der Waals surface area contributed by atoms with E-state index in [2.05, 4.69) is 0 Å². The maximum Gasteiger partial charge on any atom is 0.252 e. The number of nitrogens with zero attached hydrogens (tertiary/aromatic N) is 1. The third kappa shape index (κ3) is 2.20. The van der Waals surface area contributed by atoms with E-state index < -0.39 is 0 Å². The molecular weight excluding hydrogens is 226 g/mol. The SMILES string of the molecule is CC=[N+](c1ccc(O)cc1C)c1ccccc1O. The normalized spacial score (nSPS) is 11.6. The van der Waals surface area contributed by atoms with E-state index in [1.165, 1.54) is 0 Å². The smallest absolute Gasteiger partial charge is 0.252 e. The summed E-state index contributed by atoms with van der Waals surface area (Å²) in [4.78, 5) is 0. The van der Waals surface area contributed by atoms with Crippen LogP contribution in [-0.2, 0) is 0 Å². The second-order valence-corrected chi connectivity index (χ2v) is 4.09. The first-order valence-corrected chi connectivity index (χ1v) is 5.80. The van der Waals surface area contributed by atoms with Crippen molar-refractivity contribution in [3.05, 3.63) is 48.0 Å². The summed E-state index contributed by atoms with van der Waals surface area (Å²) in [6, 6.07) is 12.3. The van der Waals surface area contributed by atoms with Gasteiger partial charge in [-0.2, -0.15) is 4.58 Å². The van der Waals surface area contributed by atoms with Gasteiger partial charge in [-0.1, -0.05) is 12.1 Å². The molecule has 92 valence electrons. The minimum absolute atomic E-state index is 0.225. The first-order valence-electron chi connectivity index (χ1n) is 5.80. The third-order valence-electron chi connectivity index (χ3n) is 2.84. The number of benzene rings is 2. The summed E-state index contributed by atoms with van der Waals surface area (Å²) < 4.78 is 1.89. The van der Waals surface area contributed by atoms with Crippen molar-refractivity contribution in [2.75, 3.05) is 0 Å². The van der Waals surface area contributed by atoms with Gasteiger partial charge in [0.05, 0.1) is 0 Å². The van der Waals surface area contributed by atoms with Crippen molar-refractivity contribution in [2.24, 2.45) is 0 Å². The number of phenols is 2. The van der Waals surface area contributed by atoms with Crippen LogP contribution in [0, 0.1) is 6.92 Å². The van der Waals surface area contributed by atoms with E-state index >= 15 is 0 Å². The number of rotatable bonds is 2. The predicted molar refractivity (Wildman–Crippen MR) is 74.1 cm³/mol. The monoisotopic (exact) mass is 242 g/mol. The van der Waals surface area contributed by atoms with Crippen LogP contribution in [0.15, 0.2) is 42.5 Å². The zero-order valence-electron chi connectivity index (χ0n) is 10.5. The van der Waals surface area contributed by atoms with E-state index in [-0.39, 0.29) is 11.5 Å². The van der Waals surface area contributed by atoms with Crippen molar-refractivity contribution in [3.8, 4) is 11.5 Å². The molecule has 0 radical (unpaired) electrons. The molecule has 0 saturated carbocycles. The highest BCUT2D eigenvalue weighted by Crippen LogP contribution is 2.31. The Balaban J connectivity index is 2.57. The van der Waals surface area contributed by atoms with Crippen molar-refractivity contribution < 1.29 is 10.2 Å². The van der Waals surface area contributed by atoms with Gasteiger partial charge < -0.3 is 10.2 Å². The number of hydrogen-bond donors (Lipinski definition) is 2. The predicted octanol–water partition coefficient (Wildman–Crippen LogP) is 3.33. The maximum atomic E-state index is 9.91. The summed E-state index contributed by atoms with van der Waals surface area (Å²) in [7, 11) is 0. The highest BCUT2D eigenvalue weighted by atomic mass is 16.3. The van der Waals surface area contributed by atoms with Gasteiger partial charge in [-0.25, -0.2) is 0 Å². The molecule has 2 aromatic rings. The molecule has 0 heterocycles. The lowest BCUT2D eigenvalue weighted by atomic mass is 10.1. The largest absolute Gasteiger partial charge is 0.508 e. The molecule has 0 unspecified atom stereocenters. The third-order valence-corrected chi connectivity index (χ3v) is 2.84. The zero-order chi connectivity index (χ0) is 13.1. The van der Waals surface area contributed by atoms with Crippen molar-refractivity contribution in [1.29, 1.82) is 0 Å². The van der Waals surface area contributed by atoms with Crippen LogP contribution in [0.3, 0.4) is 0 Å². The van der Waals surface area contributed by atoms with Gasteiger partial charge in [-0.05, 0) is 25.1 Å². The van der Waals surface area contributed by atoms with Crippen LogP contribution in [0.4, 0.5) is 11.4 Å². The number of aromatic hydroxyl groups is 2. The van der Waals surface area contributed by atoms with Gasteiger partial charge in [-0.15, -0.1) is 0 Å². The Morgan fingerprint density at radius 1 is 1.00 bits per heavy atom. The molecular formula is C15H16NO2+. The summed E-state index contributed by atoms with van der Waals surface area (Å²) in [5, 5.41) is 19.3. The van der Waals surface area contributed by atoms with Crippen LogP contribution < -0.4 is 4.58 Å². The highest BCUT2D eigenvalue weighted by molar-refractivity contribution is 5.73. The highest BCUT2D eigenvalue weighted by Gasteiger charge is 2.18. The molecule has 0 aliphatic carbocycles. The molecule has 0 aliphatic heterocycles. The molecule has 2 aromatic carbocycles. The Hall–Kier alpha value is -2.29. The lowest BCUT2D eigenvalue weighted by Crippen LogP contribution is -2.05. The zero-order valence-corrected chi connectivity index (χ0v) is 10.5. The number of para-hydroxylation sites is 2. The van der Waals surface area contributed by atoms with Crippen LogP contribution in [-0.4, -0.2) is 16.4 Å². The molecule has 0 spiro atoms. The molecule has 3 heteroatoms. The Morgan fingerprint density at radius 2 is 1.72 bits per heavy atom. The van der Waals surface area contributed by atoms with E-state index in [0.29, 0.717) is 5.69 Å². The summed E-state index contributed by atoms with van der Waals surface area (Å²) in [5.41, 5.74) is 2.59. The topological polar surface area (TPSA) is 43.5 Å². The van der Waals surface area contributed by atoms with Crippen molar-refractivity contribution in [1.82, 2.24) is 4.58 Å². The Morgan fingerprint density at radius 3 is 2.33 bits per heavy atom. The molecule has 0 amide bonds. The first-order chi connectivity index (χ1) is 8.63. The lowest BCUT2D eigenvalue weighted by molar-refractivity contribution is 0.473. The summed E-state index contributed by atoms with van der Waals surface area (Å²) in [6.07, 6.45) is 1.88. The number of hydrogen-bond acceptors (Lipinski definition) is 2. The second kappa shape index (κ2) is 4.92. The average molecular weight is 242 g/mol. The Kier molecular flexibility index (Phi) is 3.33. The molecule has 3 nitrogen and oxygen atoms in total. The minimum atomic E-state index is 0.225. The number of aryl methyl sites for hydroxylation is 1. The van der Waals surface area contributed by atoms with E-state index in [4.69, 9.17) is 0 Å². The van der Waals surface area contributed by atoms with Gasteiger partial charge in [0.25, 0.3) is 5.69 Å². The molecule has 2 N–H and O–H groups in total. The van der Waals surface area contributed by atoms with Crippen LogP contribution in [0.2, 0.25) is 0 Å². The molecule has 0 saturated heterocycles. The summed E-state index contributed by atoms with van der Waals surface area (Å²) in [5.74, 6) is 0.465. The van der Waals surface area contributed by atoms with Crippen LogP contribution in [0.25, 0.3) is 0 Å². The molecule has 0 fully saturated rings. The standard InChI is InChI=1S/C15H15NO2/c1-3-16(14-6-4-5-7-15(14)18)13-9-8-12(17)10-11(13)2/h3-10H,1-2H3,(H-,17,18)/p+1. The first kappa shape index (κ1) is 12.2. The molecule has 18 heavy (non-hydrogen) atoms. The minimum Gasteiger partial charge on any atom is -0.508 e. The van der Waals surface area contributed by atoms with Gasteiger partial charge >= 0.3 is 0 Å². The van der Waals surface area contributed by atoms with E-state index in [9.17, 15) is 10.2 Å². The van der Waals surface area contributed by atoms with Gasteiger partial charge in [0.15, 0.2) is 5.75 Å². The average Bonchev–Trinajstić information content (AvgIpc) is 2.34. The van der Waals surface area contributed by atoms with Crippen LogP contribution in [0.1, 0.15) is 12.5 Å². The van der Waals surface area contributed by atoms with Crippen molar-refractivity contribution in [3.63, 3.8) is 0 Å². The fourth-order valence-corrected chi connectivity index (χ4v) is 1.99. The van der Waals surface area contributed by atoms with E-state index in [0.717, 1.165) is 11.3 Å². The van der Waals surface area contributed by atoms with Gasteiger partial charge in [-0.3, -0.25) is 0 Å². The fraction of sp³-hybridized carbons (Fsp3) is 0.133. The second-order valence-electron chi connectivity index (χ2n) is 4.09. The maximum absolute atomic E-state index is 9.91. The van der Waals surface area contributed by atoms with Gasteiger partial charge in [0, 0.05) is 24.6 Å². The Bertz CT molecular complexity index is 603. The molecule has 0 aromatic heterocycles. The molecule has 0 atom stereocenters. The van der Waals surface area contributed by atoms with Crippen molar-refractivity contribution in [2.45, 2.75) is 13.8 Å². The summed E-state index contributed by atoms with van der Waals surface area (Å²) in [6.45, 7) is 3.82. The van der Waals surface area contributed by atoms with Crippen LogP contribution >= 0.6 is 0 Å². The summed E-state index contributed by atoms with van der Waals surface area (Å²) >= 11 is 0. The van der Waals surface area contributed by atoms with Crippen molar-refractivity contribution >= 4 is 17.6 Å². The van der Waals surface area contributed by atoms with Gasteiger partial charge in [0.2, 0.25) is 5.69 Å². The van der Waals surface area contributed by atoms with Crippen LogP contribution in [0.5, 0.6) is 11.5 Å². The van der Waals surface area contributed by atoms with E-state index in [1.807, 2.05) is 42.8 Å². The Labute approximate surface area is 106 Å². The molecule has 2 rings (SSSR count).